The molecule has 6 rings (SSSR count). The summed E-state index contributed by atoms with van der Waals surface area (Å²) in [4.78, 5) is 20.6. The topological polar surface area (TPSA) is 62.1 Å². The molecule has 2 bridgehead atoms. The lowest BCUT2D eigenvalue weighted by atomic mass is 9.55. The highest BCUT2D eigenvalue weighted by molar-refractivity contribution is 8.03. The molecule has 1 saturated heterocycles. The zero-order chi connectivity index (χ0) is 26.4. The van der Waals surface area contributed by atoms with Crippen molar-refractivity contribution in [3.63, 3.8) is 0 Å². The van der Waals surface area contributed by atoms with Crippen molar-refractivity contribution in [1.82, 2.24) is 4.90 Å². The van der Waals surface area contributed by atoms with Gasteiger partial charge in [0.05, 0.1) is 24.0 Å². The van der Waals surface area contributed by atoms with Crippen LogP contribution in [0.3, 0.4) is 0 Å². The van der Waals surface area contributed by atoms with Crippen molar-refractivity contribution in [2.24, 2.45) is 28.7 Å². The van der Waals surface area contributed by atoms with Crippen LogP contribution in [0, 0.1) is 29.5 Å². The van der Waals surface area contributed by atoms with Crippen LogP contribution >= 0.6 is 23.4 Å². The number of carbonyl (C=O) groups is 1. The minimum Gasteiger partial charge on any atom is -0.466 e. The lowest BCUT2D eigenvalue weighted by Crippen LogP contribution is -2.45. The molecule has 5 nitrogen and oxygen atoms in total. The zero-order valence-electron chi connectivity index (χ0n) is 21.8. The SMILES string of the molecule is COC(=O)C1=C2CC(CCCCC3C4CC(O)CC3C4)CN2C(C2CC=CS2)=N[C@H]1c1ccc(F)cc1Cl. The number of benzene rings is 1. The Morgan fingerprint density at radius 3 is 2.74 bits per heavy atom. The van der Waals surface area contributed by atoms with Crippen LogP contribution in [0.5, 0.6) is 0 Å². The molecular weight excluding hydrogens is 523 g/mol. The average Bonchev–Trinajstić information content (AvgIpc) is 3.57. The van der Waals surface area contributed by atoms with Gasteiger partial charge in [-0.2, -0.15) is 0 Å². The van der Waals surface area contributed by atoms with Gasteiger partial charge in [0, 0.05) is 22.8 Å². The molecule has 5 atom stereocenters. The quantitative estimate of drug-likeness (QED) is 0.285. The number of unbranched alkanes of at least 4 members (excludes halogenated alkanes) is 1. The predicted molar refractivity (Wildman–Crippen MR) is 149 cm³/mol. The van der Waals surface area contributed by atoms with Gasteiger partial charge in [-0.25, -0.2) is 9.18 Å². The Labute approximate surface area is 233 Å². The van der Waals surface area contributed by atoms with Gasteiger partial charge in [0.1, 0.15) is 17.7 Å². The second-order valence-corrected chi connectivity index (χ2v) is 13.2. The van der Waals surface area contributed by atoms with Crippen LogP contribution in [0.4, 0.5) is 4.39 Å². The Hall–Kier alpha value is -1.83. The normalized spacial score (nSPS) is 33.7. The summed E-state index contributed by atoms with van der Waals surface area (Å²) in [5.74, 6) is 2.91. The molecule has 1 aromatic rings. The highest BCUT2D eigenvalue weighted by Crippen LogP contribution is 2.53. The number of halogens is 2. The number of aliphatic imine (C=N–C) groups is 1. The summed E-state index contributed by atoms with van der Waals surface area (Å²) in [6.07, 6.45) is 11.9. The molecule has 4 unspecified atom stereocenters. The minimum atomic E-state index is -0.606. The molecule has 0 amide bonds. The first-order valence-corrected chi connectivity index (χ1v) is 15.3. The fraction of sp³-hybridized carbons (Fsp3) is 0.600. The van der Waals surface area contributed by atoms with Crippen molar-refractivity contribution in [1.29, 1.82) is 0 Å². The third-order valence-corrected chi connectivity index (χ3v) is 10.8. The summed E-state index contributed by atoms with van der Waals surface area (Å²) < 4.78 is 19.1. The molecule has 2 saturated carbocycles. The standard InChI is InChI=1S/C30H36ClFN2O3S/c1-37-30(36)27-25-11-17(5-2-3-6-22-18-12-19(22)14-21(35)13-18)16-34(25)29(26-7-4-10-38-26)33-28(27)23-9-8-20(32)15-24(23)31/h4,8-10,15,17-19,21-22,26,28,35H,2-3,5-7,11-14,16H2,1H3/t17?,18?,19?,21?,22?,26?,28-/m0/s1. The van der Waals surface area contributed by atoms with Crippen molar-refractivity contribution in [3.05, 3.63) is 57.4 Å². The van der Waals surface area contributed by atoms with E-state index >= 15 is 0 Å². The number of hydrogen-bond acceptors (Lipinski definition) is 6. The number of methoxy groups -OCH3 is 1. The van der Waals surface area contributed by atoms with Gasteiger partial charge < -0.3 is 14.7 Å². The maximum absolute atomic E-state index is 13.9. The Balaban J connectivity index is 1.21. The van der Waals surface area contributed by atoms with Gasteiger partial charge in [0.15, 0.2) is 0 Å². The maximum Gasteiger partial charge on any atom is 0.338 e. The number of carbonyl (C=O) groups excluding carboxylic acids is 1. The molecule has 5 aliphatic rings. The van der Waals surface area contributed by atoms with E-state index in [1.807, 2.05) is 0 Å². The summed E-state index contributed by atoms with van der Waals surface area (Å²) >= 11 is 8.25. The molecule has 204 valence electrons. The van der Waals surface area contributed by atoms with Crippen LogP contribution in [-0.2, 0) is 9.53 Å². The first-order valence-electron chi connectivity index (χ1n) is 14.0. The molecule has 8 heteroatoms. The third kappa shape index (κ3) is 4.95. The van der Waals surface area contributed by atoms with Gasteiger partial charge in [-0.05, 0) is 86.2 Å². The van der Waals surface area contributed by atoms with Gasteiger partial charge >= 0.3 is 5.97 Å². The van der Waals surface area contributed by atoms with Crippen molar-refractivity contribution in [2.45, 2.75) is 75.2 Å². The summed E-state index contributed by atoms with van der Waals surface area (Å²) in [5, 5.41) is 12.5. The van der Waals surface area contributed by atoms with E-state index in [0.717, 1.165) is 67.9 Å². The fourth-order valence-electron chi connectivity index (χ4n) is 7.57. The molecule has 3 aliphatic heterocycles. The molecular formula is C30H36ClFN2O3S. The molecule has 0 radical (unpaired) electrons. The summed E-state index contributed by atoms with van der Waals surface area (Å²) in [6.45, 7) is 0.858. The number of ether oxygens (including phenoxy) is 1. The molecule has 0 spiro atoms. The van der Waals surface area contributed by atoms with Crippen molar-refractivity contribution in [3.8, 4) is 0 Å². The van der Waals surface area contributed by atoms with Gasteiger partial charge in [-0.15, -0.1) is 11.8 Å². The maximum atomic E-state index is 13.9. The van der Waals surface area contributed by atoms with Crippen molar-refractivity contribution in [2.75, 3.05) is 13.7 Å². The fourth-order valence-corrected chi connectivity index (χ4v) is 8.78. The lowest BCUT2D eigenvalue weighted by Gasteiger charge is -2.51. The Bertz CT molecular complexity index is 1170. The molecule has 3 fully saturated rings. The number of thioether (sulfide) groups is 1. The van der Waals surface area contributed by atoms with E-state index in [0.29, 0.717) is 17.1 Å². The van der Waals surface area contributed by atoms with E-state index in [9.17, 15) is 14.3 Å². The van der Waals surface area contributed by atoms with Gasteiger partial charge in [0.2, 0.25) is 0 Å². The number of hydrogen-bond donors (Lipinski definition) is 1. The number of aliphatic hydroxyl groups is 1. The summed E-state index contributed by atoms with van der Waals surface area (Å²) in [6, 6.07) is 3.70. The van der Waals surface area contributed by atoms with Crippen LogP contribution in [0.15, 0.2) is 45.9 Å². The molecule has 3 heterocycles. The summed E-state index contributed by atoms with van der Waals surface area (Å²) in [7, 11) is 1.40. The predicted octanol–water partition coefficient (Wildman–Crippen LogP) is 6.67. The van der Waals surface area contributed by atoms with Crippen LogP contribution < -0.4 is 0 Å². The first kappa shape index (κ1) is 26.4. The number of nitrogens with zero attached hydrogens (tertiary/aromatic N) is 2. The number of esters is 1. The Morgan fingerprint density at radius 2 is 2.03 bits per heavy atom. The van der Waals surface area contributed by atoms with E-state index < -0.39 is 17.8 Å². The van der Waals surface area contributed by atoms with Crippen LogP contribution in [0.25, 0.3) is 0 Å². The molecule has 1 N–H and O–H groups in total. The van der Waals surface area contributed by atoms with E-state index in [4.69, 9.17) is 21.3 Å². The minimum absolute atomic E-state index is 0.0686. The number of rotatable bonds is 8. The summed E-state index contributed by atoms with van der Waals surface area (Å²) in [5.41, 5.74) is 2.16. The van der Waals surface area contributed by atoms with Gasteiger partial charge in [0.25, 0.3) is 0 Å². The van der Waals surface area contributed by atoms with E-state index in [1.54, 1.807) is 17.8 Å². The molecule has 0 aromatic heterocycles. The number of allylic oxidation sites excluding steroid dienone is 2. The lowest BCUT2D eigenvalue weighted by molar-refractivity contribution is -0.136. The monoisotopic (exact) mass is 558 g/mol. The zero-order valence-corrected chi connectivity index (χ0v) is 23.4. The number of aliphatic hydroxyl groups excluding tert-OH is 1. The average molecular weight is 559 g/mol. The van der Waals surface area contributed by atoms with Gasteiger partial charge in [-0.1, -0.05) is 36.6 Å². The van der Waals surface area contributed by atoms with E-state index in [2.05, 4.69) is 16.4 Å². The smallest absolute Gasteiger partial charge is 0.338 e. The largest absolute Gasteiger partial charge is 0.466 e. The van der Waals surface area contributed by atoms with Crippen molar-refractivity contribution >= 4 is 35.2 Å². The second-order valence-electron chi connectivity index (χ2n) is 11.6. The Kier molecular flexibility index (Phi) is 7.62. The first-order chi connectivity index (χ1) is 18.4. The molecule has 1 aromatic carbocycles. The van der Waals surface area contributed by atoms with Gasteiger partial charge in [-0.3, -0.25) is 4.99 Å². The third-order valence-electron chi connectivity index (χ3n) is 9.38. The highest BCUT2D eigenvalue weighted by atomic mass is 35.5. The van der Waals surface area contributed by atoms with E-state index in [-0.39, 0.29) is 16.4 Å². The van der Waals surface area contributed by atoms with E-state index in [1.165, 1.54) is 44.9 Å². The number of amidine groups is 1. The van der Waals surface area contributed by atoms with Crippen LogP contribution in [0.1, 0.15) is 69.4 Å². The number of fused-ring (bicyclic) bond motifs is 3. The second kappa shape index (κ2) is 11.0. The van der Waals surface area contributed by atoms with Crippen LogP contribution in [-0.4, -0.2) is 46.8 Å². The molecule has 2 aliphatic carbocycles. The van der Waals surface area contributed by atoms with Crippen LogP contribution in [0.2, 0.25) is 5.02 Å². The van der Waals surface area contributed by atoms with Crippen molar-refractivity contribution < 1.29 is 19.0 Å². The highest BCUT2D eigenvalue weighted by Gasteiger charge is 2.46. The molecule has 38 heavy (non-hydrogen) atoms. The Morgan fingerprint density at radius 1 is 1.24 bits per heavy atom.